The molecule has 0 saturated heterocycles. The van der Waals surface area contributed by atoms with Crippen LogP contribution in [0.15, 0.2) is 35.7 Å². The van der Waals surface area contributed by atoms with Crippen LogP contribution >= 0.6 is 46.1 Å². The van der Waals surface area contributed by atoms with E-state index in [9.17, 15) is 0 Å². The molecule has 0 unspecified atom stereocenters. The summed E-state index contributed by atoms with van der Waals surface area (Å²) in [4.78, 5) is 1.13. The van der Waals surface area contributed by atoms with Crippen molar-refractivity contribution in [3.05, 3.63) is 50.6 Å². The number of hydrogen-bond acceptors (Lipinski definition) is 2. The van der Waals surface area contributed by atoms with Crippen LogP contribution in [0.4, 0.5) is 0 Å². The second kappa shape index (κ2) is 6.67. The van der Waals surface area contributed by atoms with Crippen LogP contribution in [0.25, 0.3) is 0 Å². The Morgan fingerprint density at radius 1 is 1.22 bits per heavy atom. The Bertz CT molecular complexity index is 499. The predicted molar refractivity (Wildman–Crippen MR) is 79.5 cm³/mol. The molecule has 0 amide bonds. The summed E-state index contributed by atoms with van der Waals surface area (Å²) in [6.07, 6.45) is 0.642. The number of halogens is 3. The molecule has 1 heterocycles. The van der Waals surface area contributed by atoms with E-state index in [-0.39, 0.29) is 6.10 Å². The molecule has 0 bridgehead atoms. The minimum Gasteiger partial charge on any atom is -0.483 e. The average molecular weight is 322 g/mol. The molecule has 2 rings (SSSR count). The van der Waals surface area contributed by atoms with Crippen molar-refractivity contribution in [2.75, 3.05) is 5.88 Å². The number of alkyl halides is 1. The van der Waals surface area contributed by atoms with Crippen molar-refractivity contribution in [2.24, 2.45) is 0 Å². The number of benzene rings is 1. The standard InChI is InChI=1S/C13H11Cl3OS/c14-6-5-11(13-2-1-7-18-13)17-12-8-9(15)3-4-10(12)16/h1-4,7-8,11H,5-6H2/t11-/m0/s1. The average Bonchev–Trinajstić information content (AvgIpc) is 2.87. The zero-order valence-electron chi connectivity index (χ0n) is 9.41. The fourth-order valence-electron chi connectivity index (χ4n) is 1.55. The first-order chi connectivity index (χ1) is 8.70. The van der Waals surface area contributed by atoms with Gasteiger partial charge in [-0.1, -0.05) is 29.3 Å². The van der Waals surface area contributed by atoms with Crippen molar-refractivity contribution >= 4 is 46.1 Å². The lowest BCUT2D eigenvalue weighted by Gasteiger charge is -2.18. The first-order valence-corrected chi connectivity index (χ1v) is 7.59. The molecule has 5 heteroatoms. The summed E-state index contributed by atoms with van der Waals surface area (Å²) in [6, 6.07) is 9.20. The van der Waals surface area contributed by atoms with Crippen LogP contribution in [0.2, 0.25) is 10.0 Å². The van der Waals surface area contributed by atoms with E-state index in [0.29, 0.717) is 21.7 Å². The van der Waals surface area contributed by atoms with Gasteiger partial charge >= 0.3 is 0 Å². The highest BCUT2D eigenvalue weighted by atomic mass is 35.5. The van der Waals surface area contributed by atoms with Crippen LogP contribution in [-0.4, -0.2) is 5.88 Å². The summed E-state index contributed by atoms with van der Waals surface area (Å²) in [7, 11) is 0. The maximum Gasteiger partial charge on any atom is 0.140 e. The van der Waals surface area contributed by atoms with Crippen LogP contribution in [0, 0.1) is 0 Å². The Hall–Kier alpha value is -0.410. The van der Waals surface area contributed by atoms with E-state index in [2.05, 4.69) is 0 Å². The van der Waals surface area contributed by atoms with Crippen LogP contribution in [0.1, 0.15) is 17.4 Å². The van der Waals surface area contributed by atoms with E-state index in [1.807, 2.05) is 17.5 Å². The SMILES string of the molecule is ClCC[C@H](Oc1cc(Cl)ccc1Cl)c1cccs1. The Morgan fingerprint density at radius 2 is 2.06 bits per heavy atom. The largest absolute Gasteiger partial charge is 0.483 e. The quantitative estimate of drug-likeness (QED) is 0.632. The van der Waals surface area contributed by atoms with Gasteiger partial charge in [0.2, 0.25) is 0 Å². The lowest BCUT2D eigenvalue weighted by molar-refractivity contribution is 0.206. The molecule has 0 fully saturated rings. The van der Waals surface area contributed by atoms with E-state index >= 15 is 0 Å². The Morgan fingerprint density at radius 3 is 2.72 bits per heavy atom. The number of ether oxygens (including phenoxy) is 1. The van der Waals surface area contributed by atoms with Gasteiger partial charge in [0.25, 0.3) is 0 Å². The normalized spacial score (nSPS) is 12.4. The van der Waals surface area contributed by atoms with Crippen molar-refractivity contribution in [3.8, 4) is 5.75 Å². The van der Waals surface area contributed by atoms with Gasteiger partial charge in [0.1, 0.15) is 11.9 Å². The number of thiophene rings is 1. The van der Waals surface area contributed by atoms with Gasteiger partial charge in [0.15, 0.2) is 0 Å². The second-order valence-corrected chi connectivity index (χ2v) is 5.88. The van der Waals surface area contributed by atoms with Crippen molar-refractivity contribution in [2.45, 2.75) is 12.5 Å². The molecule has 1 aromatic carbocycles. The molecule has 18 heavy (non-hydrogen) atoms. The fraction of sp³-hybridized carbons (Fsp3) is 0.231. The van der Waals surface area contributed by atoms with Gasteiger partial charge in [-0.05, 0) is 23.6 Å². The molecule has 0 saturated carbocycles. The van der Waals surface area contributed by atoms with Gasteiger partial charge in [-0.15, -0.1) is 22.9 Å². The van der Waals surface area contributed by atoms with Gasteiger partial charge in [0, 0.05) is 28.3 Å². The van der Waals surface area contributed by atoms with Crippen molar-refractivity contribution in [3.63, 3.8) is 0 Å². The van der Waals surface area contributed by atoms with Gasteiger partial charge < -0.3 is 4.74 Å². The van der Waals surface area contributed by atoms with Crippen LogP contribution in [0.3, 0.4) is 0 Å². The smallest absolute Gasteiger partial charge is 0.140 e. The van der Waals surface area contributed by atoms with Crippen LogP contribution < -0.4 is 4.74 Å². The summed E-state index contributed by atoms with van der Waals surface area (Å²) in [5.74, 6) is 1.12. The predicted octanol–water partition coefficient (Wildman–Crippen LogP) is 5.80. The lowest BCUT2D eigenvalue weighted by Crippen LogP contribution is -2.07. The zero-order chi connectivity index (χ0) is 13.0. The molecular weight excluding hydrogens is 311 g/mol. The summed E-state index contributed by atoms with van der Waals surface area (Å²) in [6.45, 7) is 0. The zero-order valence-corrected chi connectivity index (χ0v) is 12.5. The monoisotopic (exact) mass is 320 g/mol. The lowest BCUT2D eigenvalue weighted by atomic mass is 10.2. The second-order valence-electron chi connectivity index (χ2n) is 3.67. The van der Waals surface area contributed by atoms with Crippen molar-refractivity contribution < 1.29 is 4.74 Å². The van der Waals surface area contributed by atoms with E-state index in [4.69, 9.17) is 39.5 Å². The Labute approximate surface area is 125 Å². The van der Waals surface area contributed by atoms with E-state index in [1.54, 1.807) is 29.5 Å². The first-order valence-electron chi connectivity index (χ1n) is 5.42. The van der Waals surface area contributed by atoms with Crippen molar-refractivity contribution in [1.29, 1.82) is 0 Å². The van der Waals surface area contributed by atoms with Gasteiger partial charge in [0.05, 0.1) is 5.02 Å². The summed E-state index contributed by atoms with van der Waals surface area (Å²) in [5.41, 5.74) is 0. The van der Waals surface area contributed by atoms with E-state index < -0.39 is 0 Å². The maximum atomic E-state index is 6.09. The molecule has 1 aromatic heterocycles. The molecule has 0 N–H and O–H groups in total. The molecule has 1 atom stereocenters. The molecule has 0 spiro atoms. The minimum atomic E-state index is -0.0848. The van der Waals surface area contributed by atoms with Crippen LogP contribution in [0.5, 0.6) is 5.75 Å². The molecule has 0 radical (unpaired) electrons. The number of rotatable bonds is 5. The van der Waals surface area contributed by atoms with Gasteiger partial charge in [-0.3, -0.25) is 0 Å². The van der Waals surface area contributed by atoms with Crippen LogP contribution in [-0.2, 0) is 0 Å². The van der Waals surface area contributed by atoms with Gasteiger partial charge in [-0.2, -0.15) is 0 Å². The topological polar surface area (TPSA) is 9.23 Å². The third-order valence-electron chi connectivity index (χ3n) is 2.39. The Kier molecular flexibility index (Phi) is 5.19. The fourth-order valence-corrected chi connectivity index (χ4v) is 2.87. The summed E-state index contributed by atoms with van der Waals surface area (Å²) >= 11 is 19.5. The summed E-state index contributed by atoms with van der Waals surface area (Å²) in [5, 5.41) is 3.17. The molecule has 96 valence electrons. The molecule has 2 aromatic rings. The van der Waals surface area contributed by atoms with E-state index in [0.717, 1.165) is 11.3 Å². The molecule has 1 nitrogen and oxygen atoms in total. The third-order valence-corrected chi connectivity index (χ3v) is 4.12. The molecule has 0 aliphatic rings. The number of hydrogen-bond donors (Lipinski definition) is 0. The van der Waals surface area contributed by atoms with Gasteiger partial charge in [-0.25, -0.2) is 0 Å². The third kappa shape index (κ3) is 3.55. The highest BCUT2D eigenvalue weighted by Crippen LogP contribution is 2.34. The maximum absolute atomic E-state index is 6.09. The highest BCUT2D eigenvalue weighted by Gasteiger charge is 2.15. The highest BCUT2D eigenvalue weighted by molar-refractivity contribution is 7.10. The minimum absolute atomic E-state index is 0.0848. The summed E-state index contributed by atoms with van der Waals surface area (Å²) < 4.78 is 5.92. The molecule has 0 aliphatic heterocycles. The Balaban J connectivity index is 2.21. The first kappa shape index (κ1) is 14.0. The van der Waals surface area contributed by atoms with E-state index in [1.165, 1.54) is 0 Å². The van der Waals surface area contributed by atoms with Crippen molar-refractivity contribution in [1.82, 2.24) is 0 Å². The molecular formula is C13H11Cl3OS. The molecule has 0 aliphatic carbocycles.